The number of nitrogens with zero attached hydrogens (tertiary/aromatic N) is 2. The number of aryl methyl sites for hydroxylation is 1. The minimum Gasteiger partial charge on any atom is -0.493 e. The van der Waals surface area contributed by atoms with Crippen LogP contribution < -0.4 is 4.74 Å². The lowest BCUT2D eigenvalue weighted by atomic mass is 10.2. The molecule has 0 aromatic carbocycles. The van der Waals surface area contributed by atoms with E-state index in [1.165, 1.54) is 18.4 Å². The predicted molar refractivity (Wildman–Crippen MR) is 69.9 cm³/mol. The zero-order valence-electron chi connectivity index (χ0n) is 9.44. The molecule has 6 heteroatoms. The molecule has 0 spiro atoms. The Morgan fingerprint density at radius 1 is 1.65 bits per heavy atom. The summed E-state index contributed by atoms with van der Waals surface area (Å²) in [4.78, 5) is 13.1. The van der Waals surface area contributed by atoms with Crippen LogP contribution in [0.3, 0.4) is 0 Å². The van der Waals surface area contributed by atoms with E-state index >= 15 is 0 Å². The minimum absolute atomic E-state index is 0.0666. The Bertz CT molecular complexity index is 526. The molecule has 0 aliphatic carbocycles. The molecule has 0 N–H and O–H groups in total. The smallest absolute Gasteiger partial charge is 0.225 e. The summed E-state index contributed by atoms with van der Waals surface area (Å²) in [6.07, 6.45) is 1.57. The molecule has 2 aromatic rings. The molecule has 2 heterocycles. The van der Waals surface area contributed by atoms with Gasteiger partial charge in [0.15, 0.2) is 11.4 Å². The topological polar surface area (TPSA) is 44.1 Å². The number of aromatic nitrogens is 2. The summed E-state index contributed by atoms with van der Waals surface area (Å²) in [5, 5.41) is 6.00. The fourth-order valence-electron chi connectivity index (χ4n) is 1.55. The first-order chi connectivity index (χ1) is 8.19. The molecule has 0 saturated carbocycles. The van der Waals surface area contributed by atoms with E-state index < -0.39 is 0 Å². The second kappa shape index (κ2) is 5.01. The van der Waals surface area contributed by atoms with Gasteiger partial charge in [0.1, 0.15) is 0 Å². The third kappa shape index (κ3) is 2.14. The maximum atomic E-state index is 12.4. The van der Waals surface area contributed by atoms with E-state index in [0.29, 0.717) is 22.9 Å². The average Bonchev–Trinajstić information content (AvgIpc) is 2.93. The molecule has 2 aromatic heterocycles. The van der Waals surface area contributed by atoms with Crippen molar-refractivity contribution < 1.29 is 9.53 Å². The van der Waals surface area contributed by atoms with E-state index in [4.69, 9.17) is 4.74 Å². The van der Waals surface area contributed by atoms with Crippen molar-refractivity contribution in [1.82, 2.24) is 9.78 Å². The fraction of sp³-hybridized carbons (Fsp3) is 0.273. The maximum absolute atomic E-state index is 12.4. The van der Waals surface area contributed by atoms with Crippen molar-refractivity contribution in [3.8, 4) is 5.75 Å². The number of ketones is 1. The lowest BCUT2D eigenvalue weighted by molar-refractivity contribution is 0.102. The number of carbonyl (C=O) groups excluding carboxylic acids is 1. The van der Waals surface area contributed by atoms with E-state index in [0.717, 1.165) is 4.47 Å². The number of halogens is 1. The van der Waals surface area contributed by atoms with E-state index in [1.54, 1.807) is 10.9 Å². The monoisotopic (exact) mass is 314 g/mol. The molecule has 0 saturated heterocycles. The van der Waals surface area contributed by atoms with Gasteiger partial charge in [-0.05, 0) is 34.3 Å². The van der Waals surface area contributed by atoms with Gasteiger partial charge in [-0.15, -0.1) is 11.3 Å². The molecule has 17 heavy (non-hydrogen) atoms. The Morgan fingerprint density at radius 3 is 2.94 bits per heavy atom. The lowest BCUT2D eigenvalue weighted by Crippen LogP contribution is -2.11. The summed E-state index contributed by atoms with van der Waals surface area (Å²) in [7, 11) is 1.54. The first-order valence-corrected chi connectivity index (χ1v) is 6.73. The summed E-state index contributed by atoms with van der Waals surface area (Å²) < 4.78 is 7.62. The Hall–Kier alpha value is -1.14. The van der Waals surface area contributed by atoms with Crippen molar-refractivity contribution in [3.63, 3.8) is 0 Å². The number of ether oxygens (including phenoxy) is 1. The number of methoxy groups -OCH3 is 1. The molecule has 0 bridgehead atoms. The first-order valence-electron chi connectivity index (χ1n) is 5.06. The number of thiophene rings is 1. The molecule has 0 aliphatic heterocycles. The number of rotatable bonds is 4. The zero-order valence-corrected chi connectivity index (χ0v) is 11.8. The highest BCUT2D eigenvalue weighted by Gasteiger charge is 2.22. The van der Waals surface area contributed by atoms with Crippen LogP contribution in [0.25, 0.3) is 0 Å². The van der Waals surface area contributed by atoms with Gasteiger partial charge in [0.2, 0.25) is 5.78 Å². The normalized spacial score (nSPS) is 10.5. The van der Waals surface area contributed by atoms with Crippen LogP contribution in [0.5, 0.6) is 5.75 Å². The zero-order chi connectivity index (χ0) is 12.4. The fourth-order valence-corrected chi connectivity index (χ4v) is 3.04. The second-order valence-corrected chi connectivity index (χ2v) is 5.07. The Kier molecular flexibility index (Phi) is 3.63. The lowest BCUT2D eigenvalue weighted by Gasteiger charge is -2.05. The van der Waals surface area contributed by atoms with E-state index in [9.17, 15) is 4.79 Å². The SMILES string of the molecule is CCn1ncc(OC)c1C(=O)c1sccc1Br. The van der Waals surface area contributed by atoms with E-state index in [-0.39, 0.29) is 5.78 Å². The van der Waals surface area contributed by atoms with Crippen molar-refractivity contribution in [1.29, 1.82) is 0 Å². The molecule has 2 rings (SSSR count). The number of hydrogen-bond donors (Lipinski definition) is 0. The van der Waals surface area contributed by atoms with Gasteiger partial charge in [-0.25, -0.2) is 0 Å². The van der Waals surface area contributed by atoms with Gasteiger partial charge < -0.3 is 4.74 Å². The molecule has 0 amide bonds. The average molecular weight is 315 g/mol. The van der Waals surface area contributed by atoms with Crippen LogP contribution >= 0.6 is 27.3 Å². The van der Waals surface area contributed by atoms with Crippen LogP contribution in [0.15, 0.2) is 22.1 Å². The van der Waals surface area contributed by atoms with Crippen molar-refractivity contribution in [2.75, 3.05) is 7.11 Å². The second-order valence-electron chi connectivity index (χ2n) is 3.30. The van der Waals surface area contributed by atoms with E-state index in [1.807, 2.05) is 18.4 Å². The van der Waals surface area contributed by atoms with Crippen molar-refractivity contribution in [2.24, 2.45) is 0 Å². The summed E-state index contributed by atoms with van der Waals surface area (Å²) in [6.45, 7) is 2.57. The quantitative estimate of drug-likeness (QED) is 0.815. The van der Waals surface area contributed by atoms with Gasteiger partial charge in [-0.1, -0.05) is 0 Å². The van der Waals surface area contributed by atoms with Crippen LogP contribution in [-0.4, -0.2) is 22.7 Å². The highest BCUT2D eigenvalue weighted by atomic mass is 79.9. The van der Waals surface area contributed by atoms with Crippen LogP contribution in [-0.2, 0) is 6.54 Å². The van der Waals surface area contributed by atoms with Crippen LogP contribution in [0.2, 0.25) is 0 Å². The minimum atomic E-state index is -0.0666. The van der Waals surface area contributed by atoms with Crippen molar-refractivity contribution in [2.45, 2.75) is 13.5 Å². The first kappa shape index (κ1) is 12.3. The summed E-state index contributed by atoms with van der Waals surface area (Å²) >= 11 is 4.77. The summed E-state index contributed by atoms with van der Waals surface area (Å²) in [6, 6.07) is 1.86. The predicted octanol–water partition coefficient (Wildman–Crippen LogP) is 2.97. The Balaban J connectivity index is 2.50. The molecule has 4 nitrogen and oxygen atoms in total. The van der Waals surface area contributed by atoms with Crippen molar-refractivity contribution >= 4 is 33.0 Å². The molecule has 90 valence electrons. The van der Waals surface area contributed by atoms with Gasteiger partial charge in [0, 0.05) is 11.0 Å². The highest BCUT2D eigenvalue weighted by Crippen LogP contribution is 2.28. The van der Waals surface area contributed by atoms with Gasteiger partial charge >= 0.3 is 0 Å². The van der Waals surface area contributed by atoms with Crippen LogP contribution in [0.1, 0.15) is 22.3 Å². The Labute approximate surface area is 111 Å². The molecular formula is C11H11BrN2O2S. The molecule has 0 aliphatic rings. The largest absolute Gasteiger partial charge is 0.493 e. The van der Waals surface area contributed by atoms with Crippen LogP contribution in [0, 0.1) is 0 Å². The van der Waals surface area contributed by atoms with Gasteiger partial charge in [0.25, 0.3) is 0 Å². The third-order valence-corrected chi connectivity index (χ3v) is 4.20. The summed E-state index contributed by atoms with van der Waals surface area (Å²) in [5.41, 5.74) is 0.498. The van der Waals surface area contributed by atoms with Gasteiger partial charge in [-0.2, -0.15) is 5.10 Å². The molecule has 0 fully saturated rings. The van der Waals surface area contributed by atoms with Crippen LogP contribution in [0.4, 0.5) is 0 Å². The summed E-state index contributed by atoms with van der Waals surface area (Å²) in [5.74, 6) is 0.445. The number of hydrogen-bond acceptors (Lipinski definition) is 4. The highest BCUT2D eigenvalue weighted by molar-refractivity contribution is 9.10. The van der Waals surface area contributed by atoms with E-state index in [2.05, 4.69) is 21.0 Å². The number of carbonyl (C=O) groups is 1. The van der Waals surface area contributed by atoms with Gasteiger partial charge in [0.05, 0.1) is 18.2 Å². The van der Waals surface area contributed by atoms with Crippen molar-refractivity contribution in [3.05, 3.63) is 32.7 Å². The third-order valence-electron chi connectivity index (χ3n) is 2.36. The molecule has 0 radical (unpaired) electrons. The molecule has 0 atom stereocenters. The molecular weight excluding hydrogens is 304 g/mol. The standard InChI is InChI=1S/C11H11BrN2O2S/c1-3-14-9(8(16-2)6-13-14)10(15)11-7(12)4-5-17-11/h4-6H,3H2,1-2H3. The maximum Gasteiger partial charge on any atom is 0.225 e. The van der Waals surface area contributed by atoms with Gasteiger partial charge in [-0.3, -0.25) is 9.48 Å². The Morgan fingerprint density at radius 2 is 2.41 bits per heavy atom. The molecule has 0 unspecified atom stereocenters.